The normalized spacial score (nSPS) is 23.9. The van der Waals surface area contributed by atoms with E-state index in [1.165, 1.54) is 0 Å². The largest absolute Gasteiger partial charge is 0.438 e. The first-order valence-corrected chi connectivity index (χ1v) is 9.22. The molecule has 1 fully saturated rings. The number of hydrogen-bond acceptors (Lipinski definition) is 5. The summed E-state index contributed by atoms with van der Waals surface area (Å²) in [4.78, 5) is 25.7. The summed E-state index contributed by atoms with van der Waals surface area (Å²) in [6, 6.07) is 9.22. The van der Waals surface area contributed by atoms with Crippen molar-refractivity contribution in [1.82, 2.24) is 10.0 Å². The third-order valence-corrected chi connectivity index (χ3v) is 4.94. The van der Waals surface area contributed by atoms with Crippen molar-refractivity contribution < 1.29 is 19.4 Å². The van der Waals surface area contributed by atoms with Crippen molar-refractivity contribution >= 4 is 12.0 Å². The lowest BCUT2D eigenvalue weighted by atomic mass is 9.93. The number of rotatable bonds is 5. The molecule has 26 heavy (non-hydrogen) atoms. The van der Waals surface area contributed by atoms with Gasteiger partial charge in [0.1, 0.15) is 6.10 Å². The van der Waals surface area contributed by atoms with Crippen LogP contribution < -0.4 is 0 Å². The molecule has 6 nitrogen and oxygen atoms in total. The molecule has 0 spiro atoms. The van der Waals surface area contributed by atoms with Crippen molar-refractivity contribution in [3.05, 3.63) is 35.9 Å². The zero-order chi connectivity index (χ0) is 19.6. The van der Waals surface area contributed by atoms with Crippen LogP contribution in [0.25, 0.3) is 0 Å². The Bertz CT molecular complexity index is 632. The van der Waals surface area contributed by atoms with Gasteiger partial charge in [0, 0.05) is 6.04 Å². The van der Waals surface area contributed by atoms with Crippen molar-refractivity contribution in [3.8, 4) is 0 Å². The fraction of sp³-hybridized carbons (Fsp3) is 0.600. The zero-order valence-electron chi connectivity index (χ0n) is 16.4. The molecule has 1 aliphatic rings. The Morgan fingerprint density at radius 1 is 1.12 bits per heavy atom. The molecule has 1 aliphatic heterocycles. The highest BCUT2D eigenvalue weighted by Gasteiger charge is 2.46. The van der Waals surface area contributed by atoms with Gasteiger partial charge >= 0.3 is 6.09 Å². The van der Waals surface area contributed by atoms with Crippen LogP contribution in [0.3, 0.4) is 0 Å². The number of imide groups is 1. The Kier molecular flexibility index (Phi) is 6.42. The molecule has 4 atom stereocenters. The first-order chi connectivity index (χ1) is 12.2. The van der Waals surface area contributed by atoms with Crippen LogP contribution >= 0.6 is 0 Å². The standard InChI is InChI=1S/C20H30N2O4/c1-12(2)17(23)14(5)19(24)22-20(25)26-18(15(6)21(22)13(3)4)16-10-8-7-9-11-16/h7-15,17-18,23H,1-6H3/t14-,15-,17-,18-/m0/s1. The highest BCUT2D eigenvalue weighted by Crippen LogP contribution is 2.34. The predicted octanol–water partition coefficient (Wildman–Crippen LogP) is 3.37. The Hall–Kier alpha value is -1.92. The molecule has 0 aromatic heterocycles. The minimum atomic E-state index is -0.827. The van der Waals surface area contributed by atoms with Gasteiger partial charge in [-0.15, -0.1) is 0 Å². The van der Waals surface area contributed by atoms with Gasteiger partial charge in [0.25, 0.3) is 5.91 Å². The maximum absolute atomic E-state index is 13.0. The maximum Gasteiger partial charge on any atom is 0.432 e. The Balaban J connectivity index is 2.33. The van der Waals surface area contributed by atoms with Crippen molar-refractivity contribution in [1.29, 1.82) is 0 Å². The van der Waals surface area contributed by atoms with Gasteiger partial charge in [-0.25, -0.2) is 4.79 Å². The van der Waals surface area contributed by atoms with Gasteiger partial charge in [-0.3, -0.25) is 4.79 Å². The van der Waals surface area contributed by atoms with Gasteiger partial charge in [-0.2, -0.15) is 10.0 Å². The van der Waals surface area contributed by atoms with Gasteiger partial charge < -0.3 is 9.84 Å². The van der Waals surface area contributed by atoms with Crippen LogP contribution in [0.4, 0.5) is 4.79 Å². The summed E-state index contributed by atoms with van der Waals surface area (Å²) >= 11 is 0. The second kappa shape index (κ2) is 8.18. The monoisotopic (exact) mass is 362 g/mol. The Labute approximate surface area is 155 Å². The molecule has 1 N–H and O–H groups in total. The summed E-state index contributed by atoms with van der Waals surface area (Å²) in [6.07, 6.45) is -1.98. The predicted molar refractivity (Wildman–Crippen MR) is 99.0 cm³/mol. The molecule has 1 aromatic carbocycles. The van der Waals surface area contributed by atoms with E-state index in [-0.39, 0.29) is 18.0 Å². The number of ether oxygens (including phenoxy) is 1. The molecule has 0 saturated carbocycles. The lowest BCUT2D eigenvalue weighted by Crippen LogP contribution is -2.63. The van der Waals surface area contributed by atoms with Crippen LogP contribution in [0.1, 0.15) is 53.2 Å². The lowest BCUT2D eigenvalue weighted by Gasteiger charge is -2.47. The summed E-state index contributed by atoms with van der Waals surface area (Å²) in [6.45, 7) is 11.1. The molecule has 144 valence electrons. The average Bonchev–Trinajstić information content (AvgIpc) is 2.61. The van der Waals surface area contributed by atoms with E-state index in [1.54, 1.807) is 11.9 Å². The van der Waals surface area contributed by atoms with E-state index in [9.17, 15) is 14.7 Å². The molecule has 1 heterocycles. The van der Waals surface area contributed by atoms with E-state index >= 15 is 0 Å². The molecule has 1 aromatic rings. The highest BCUT2D eigenvalue weighted by atomic mass is 16.6. The molecule has 0 bridgehead atoms. The van der Waals surface area contributed by atoms with Gasteiger partial charge in [-0.05, 0) is 32.3 Å². The number of carbonyl (C=O) groups excluding carboxylic acids is 2. The van der Waals surface area contributed by atoms with Gasteiger partial charge in [-0.1, -0.05) is 51.1 Å². The third-order valence-electron chi connectivity index (χ3n) is 4.94. The first kappa shape index (κ1) is 20.4. The average molecular weight is 362 g/mol. The summed E-state index contributed by atoms with van der Waals surface area (Å²) in [5.41, 5.74) is 0.890. The van der Waals surface area contributed by atoms with Crippen molar-refractivity contribution in [2.24, 2.45) is 11.8 Å². The molecule has 6 heteroatoms. The van der Waals surface area contributed by atoms with E-state index in [0.717, 1.165) is 10.6 Å². The van der Waals surface area contributed by atoms with E-state index in [2.05, 4.69) is 0 Å². The number of cyclic esters (lactones) is 1. The summed E-state index contributed by atoms with van der Waals surface area (Å²) in [7, 11) is 0. The molecule has 0 unspecified atom stereocenters. The molecule has 2 amide bonds. The third kappa shape index (κ3) is 3.91. The number of amides is 2. The molecule has 0 aliphatic carbocycles. The molecule has 2 rings (SSSR count). The van der Waals surface area contributed by atoms with E-state index in [0.29, 0.717) is 0 Å². The lowest BCUT2D eigenvalue weighted by molar-refractivity contribution is -0.182. The van der Waals surface area contributed by atoms with Crippen molar-refractivity contribution in [2.45, 2.75) is 65.8 Å². The Morgan fingerprint density at radius 3 is 2.19 bits per heavy atom. The minimum absolute atomic E-state index is 0.0863. The summed E-state index contributed by atoms with van der Waals surface area (Å²) in [5, 5.41) is 13.1. The summed E-state index contributed by atoms with van der Waals surface area (Å²) < 4.78 is 5.63. The van der Waals surface area contributed by atoms with Crippen LogP contribution in [-0.4, -0.2) is 45.3 Å². The van der Waals surface area contributed by atoms with Crippen LogP contribution in [0.5, 0.6) is 0 Å². The second-order valence-electron chi connectivity index (χ2n) is 7.60. The quantitative estimate of drug-likeness (QED) is 0.870. The van der Waals surface area contributed by atoms with Crippen LogP contribution in [-0.2, 0) is 9.53 Å². The number of aliphatic hydroxyl groups excluding tert-OH is 1. The van der Waals surface area contributed by atoms with Crippen LogP contribution in [0.15, 0.2) is 30.3 Å². The first-order valence-electron chi connectivity index (χ1n) is 9.22. The van der Waals surface area contributed by atoms with Gasteiger partial charge in [0.05, 0.1) is 18.1 Å². The van der Waals surface area contributed by atoms with Gasteiger partial charge in [0.15, 0.2) is 0 Å². The SMILES string of the molecule is CC(C)[C@H](O)[C@H](C)C(=O)N1C(=O)O[C@H](c2ccccc2)[C@H](C)N1C(C)C. The minimum Gasteiger partial charge on any atom is -0.438 e. The van der Waals surface area contributed by atoms with Gasteiger partial charge in [0.2, 0.25) is 0 Å². The van der Waals surface area contributed by atoms with Crippen molar-refractivity contribution in [3.63, 3.8) is 0 Å². The topological polar surface area (TPSA) is 70.1 Å². The molecule has 0 radical (unpaired) electrons. The van der Waals surface area contributed by atoms with Crippen molar-refractivity contribution in [2.75, 3.05) is 0 Å². The Morgan fingerprint density at radius 2 is 1.69 bits per heavy atom. The van der Waals surface area contributed by atoms with Crippen LogP contribution in [0, 0.1) is 11.8 Å². The number of hydrogen-bond donors (Lipinski definition) is 1. The maximum atomic E-state index is 13.0. The fourth-order valence-electron chi connectivity index (χ4n) is 3.48. The zero-order valence-corrected chi connectivity index (χ0v) is 16.4. The van der Waals surface area contributed by atoms with E-state index in [4.69, 9.17) is 4.74 Å². The second-order valence-corrected chi connectivity index (χ2v) is 7.60. The number of carbonyl (C=O) groups is 2. The van der Waals surface area contributed by atoms with Crippen LogP contribution in [0.2, 0.25) is 0 Å². The number of benzene rings is 1. The molecule has 1 saturated heterocycles. The summed E-state index contributed by atoms with van der Waals surface area (Å²) in [5.74, 6) is -1.23. The number of hydrazine groups is 1. The number of nitrogens with zero attached hydrogens (tertiary/aromatic N) is 2. The highest BCUT2D eigenvalue weighted by molar-refractivity contribution is 5.93. The van der Waals surface area contributed by atoms with E-state index in [1.807, 2.05) is 65.0 Å². The fourth-order valence-corrected chi connectivity index (χ4v) is 3.48. The molecular weight excluding hydrogens is 332 g/mol. The molecular formula is C20H30N2O4. The smallest absolute Gasteiger partial charge is 0.432 e. The number of aliphatic hydroxyl groups is 1. The van der Waals surface area contributed by atoms with E-state index < -0.39 is 30.1 Å².